The van der Waals surface area contributed by atoms with Crippen molar-refractivity contribution in [2.75, 3.05) is 6.61 Å². The molecule has 24 heavy (non-hydrogen) atoms. The number of benzene rings is 2. The molecule has 0 aliphatic carbocycles. The van der Waals surface area contributed by atoms with Gasteiger partial charge in [-0.25, -0.2) is 0 Å². The van der Waals surface area contributed by atoms with Gasteiger partial charge in [-0.15, -0.1) is 0 Å². The zero-order valence-corrected chi connectivity index (χ0v) is 13.4. The van der Waals surface area contributed by atoms with E-state index in [1.807, 2.05) is 24.3 Å². The maximum Gasteiger partial charge on any atom is 0.269 e. The van der Waals surface area contributed by atoms with Crippen LogP contribution in [0.15, 0.2) is 48.5 Å². The fourth-order valence-corrected chi connectivity index (χ4v) is 2.36. The SMILES string of the molecule is N[C@H](CCCCO)c1cccc(OCc2ccc([N+](=O)[O-])cc2)c1. The molecule has 0 unspecified atom stereocenters. The lowest BCUT2D eigenvalue weighted by atomic mass is 10.0. The molecule has 0 saturated heterocycles. The van der Waals surface area contributed by atoms with Gasteiger partial charge in [0, 0.05) is 24.8 Å². The van der Waals surface area contributed by atoms with Crippen molar-refractivity contribution in [1.82, 2.24) is 0 Å². The molecule has 0 amide bonds. The van der Waals surface area contributed by atoms with Gasteiger partial charge in [-0.1, -0.05) is 12.1 Å². The van der Waals surface area contributed by atoms with Gasteiger partial charge < -0.3 is 15.6 Å². The predicted molar refractivity (Wildman–Crippen MR) is 91.7 cm³/mol. The van der Waals surface area contributed by atoms with E-state index >= 15 is 0 Å². The van der Waals surface area contributed by atoms with Crippen molar-refractivity contribution in [2.45, 2.75) is 31.9 Å². The van der Waals surface area contributed by atoms with Crippen LogP contribution in [0.4, 0.5) is 5.69 Å². The van der Waals surface area contributed by atoms with Crippen LogP contribution in [-0.4, -0.2) is 16.6 Å². The maximum absolute atomic E-state index is 10.6. The third-order valence-electron chi connectivity index (χ3n) is 3.76. The Morgan fingerprint density at radius 3 is 2.58 bits per heavy atom. The molecule has 6 nitrogen and oxygen atoms in total. The van der Waals surface area contributed by atoms with Crippen molar-refractivity contribution >= 4 is 5.69 Å². The molecule has 0 radical (unpaired) electrons. The van der Waals surface area contributed by atoms with E-state index in [1.165, 1.54) is 12.1 Å². The second kappa shape index (κ2) is 9.00. The molecule has 0 heterocycles. The summed E-state index contributed by atoms with van der Waals surface area (Å²) in [5.41, 5.74) is 8.07. The molecule has 2 aromatic carbocycles. The average molecular weight is 330 g/mol. The van der Waals surface area contributed by atoms with Crippen LogP contribution < -0.4 is 10.5 Å². The van der Waals surface area contributed by atoms with E-state index in [-0.39, 0.29) is 18.3 Å². The highest BCUT2D eigenvalue weighted by Gasteiger charge is 2.08. The fraction of sp³-hybridized carbons (Fsp3) is 0.333. The van der Waals surface area contributed by atoms with Crippen molar-refractivity contribution in [3.05, 3.63) is 69.8 Å². The van der Waals surface area contributed by atoms with Crippen LogP contribution in [0.3, 0.4) is 0 Å². The zero-order chi connectivity index (χ0) is 17.4. The van der Waals surface area contributed by atoms with Crippen LogP contribution in [0, 0.1) is 10.1 Å². The monoisotopic (exact) mass is 330 g/mol. The minimum Gasteiger partial charge on any atom is -0.489 e. The number of non-ortho nitro benzene ring substituents is 1. The number of nitrogens with zero attached hydrogens (tertiary/aromatic N) is 1. The van der Waals surface area contributed by atoms with E-state index < -0.39 is 4.92 Å². The summed E-state index contributed by atoms with van der Waals surface area (Å²) in [5, 5.41) is 19.5. The Morgan fingerprint density at radius 2 is 1.92 bits per heavy atom. The molecule has 2 aromatic rings. The first-order chi connectivity index (χ1) is 11.6. The smallest absolute Gasteiger partial charge is 0.269 e. The standard InChI is InChI=1S/C18H22N2O4/c19-18(6-1-2-11-21)15-4-3-5-17(12-15)24-13-14-7-9-16(10-8-14)20(22)23/h3-5,7-10,12,18,21H,1-2,6,11,13,19H2/t18-/m1/s1. The molecular formula is C18H22N2O4. The largest absolute Gasteiger partial charge is 0.489 e. The average Bonchev–Trinajstić information content (AvgIpc) is 2.60. The highest BCUT2D eigenvalue weighted by atomic mass is 16.6. The summed E-state index contributed by atoms with van der Waals surface area (Å²) >= 11 is 0. The maximum atomic E-state index is 10.6. The third kappa shape index (κ3) is 5.33. The minimum atomic E-state index is -0.424. The summed E-state index contributed by atoms with van der Waals surface area (Å²) in [7, 11) is 0. The lowest BCUT2D eigenvalue weighted by Gasteiger charge is -2.13. The lowest BCUT2D eigenvalue weighted by molar-refractivity contribution is -0.384. The van der Waals surface area contributed by atoms with Crippen LogP contribution in [0.5, 0.6) is 5.75 Å². The van der Waals surface area contributed by atoms with E-state index in [0.29, 0.717) is 12.4 Å². The number of hydrogen-bond donors (Lipinski definition) is 2. The number of rotatable bonds is 9. The Labute approximate surface area is 141 Å². The van der Waals surface area contributed by atoms with Crippen LogP contribution in [-0.2, 0) is 6.61 Å². The number of nitrogens with two attached hydrogens (primary N) is 1. The molecule has 3 N–H and O–H groups in total. The van der Waals surface area contributed by atoms with E-state index in [1.54, 1.807) is 12.1 Å². The van der Waals surface area contributed by atoms with Crippen molar-refractivity contribution < 1.29 is 14.8 Å². The van der Waals surface area contributed by atoms with Gasteiger partial charge in [0.05, 0.1) is 4.92 Å². The summed E-state index contributed by atoms with van der Waals surface area (Å²) in [5.74, 6) is 0.712. The van der Waals surface area contributed by atoms with E-state index in [9.17, 15) is 10.1 Å². The fourth-order valence-electron chi connectivity index (χ4n) is 2.36. The second-order valence-corrected chi connectivity index (χ2v) is 5.61. The van der Waals surface area contributed by atoms with E-state index in [2.05, 4.69) is 0 Å². The quantitative estimate of drug-likeness (QED) is 0.417. The van der Waals surface area contributed by atoms with Gasteiger partial charge >= 0.3 is 0 Å². The van der Waals surface area contributed by atoms with Crippen LogP contribution in [0.2, 0.25) is 0 Å². The Kier molecular flexibility index (Phi) is 6.72. The number of nitro groups is 1. The molecule has 0 fully saturated rings. The molecule has 1 atom stereocenters. The first kappa shape index (κ1) is 17.9. The minimum absolute atomic E-state index is 0.0644. The molecule has 0 saturated carbocycles. The molecular weight excluding hydrogens is 308 g/mol. The van der Waals surface area contributed by atoms with Gasteiger partial charge in [0.15, 0.2) is 0 Å². The molecule has 0 bridgehead atoms. The summed E-state index contributed by atoms with van der Waals surface area (Å²) in [6, 6.07) is 13.8. The first-order valence-electron chi connectivity index (χ1n) is 7.92. The van der Waals surface area contributed by atoms with Crippen molar-refractivity contribution in [3.8, 4) is 5.75 Å². The van der Waals surface area contributed by atoms with E-state index in [4.69, 9.17) is 15.6 Å². The third-order valence-corrected chi connectivity index (χ3v) is 3.76. The topological polar surface area (TPSA) is 98.6 Å². The van der Waals surface area contributed by atoms with Gasteiger partial charge in [0.25, 0.3) is 5.69 Å². The van der Waals surface area contributed by atoms with Gasteiger partial charge in [-0.3, -0.25) is 10.1 Å². The summed E-state index contributed by atoms with van der Waals surface area (Å²) in [6.45, 7) is 0.520. The molecule has 2 rings (SSSR count). The Bertz CT molecular complexity index is 658. The number of hydrogen-bond acceptors (Lipinski definition) is 5. The van der Waals surface area contributed by atoms with Gasteiger partial charge in [0.2, 0.25) is 0 Å². The Morgan fingerprint density at radius 1 is 1.17 bits per heavy atom. The number of nitro benzene ring substituents is 1. The highest BCUT2D eigenvalue weighted by Crippen LogP contribution is 2.22. The summed E-state index contributed by atoms with van der Waals surface area (Å²) in [6.07, 6.45) is 2.45. The van der Waals surface area contributed by atoms with Gasteiger partial charge in [0.1, 0.15) is 12.4 Å². The molecule has 0 aromatic heterocycles. The molecule has 0 aliphatic rings. The van der Waals surface area contributed by atoms with Gasteiger partial charge in [-0.05, 0) is 54.7 Å². The number of unbranched alkanes of at least 4 members (excludes halogenated alkanes) is 1. The Hall–Kier alpha value is -2.44. The van der Waals surface area contributed by atoms with Crippen molar-refractivity contribution in [2.24, 2.45) is 5.73 Å². The van der Waals surface area contributed by atoms with Crippen molar-refractivity contribution in [1.29, 1.82) is 0 Å². The van der Waals surface area contributed by atoms with Crippen LogP contribution in [0.25, 0.3) is 0 Å². The zero-order valence-electron chi connectivity index (χ0n) is 13.4. The molecule has 0 aliphatic heterocycles. The second-order valence-electron chi connectivity index (χ2n) is 5.61. The molecule has 128 valence electrons. The summed E-state index contributed by atoms with van der Waals surface area (Å²) in [4.78, 5) is 10.2. The van der Waals surface area contributed by atoms with Crippen LogP contribution in [0.1, 0.15) is 36.4 Å². The lowest BCUT2D eigenvalue weighted by Crippen LogP contribution is -2.10. The number of aliphatic hydroxyl groups excluding tert-OH is 1. The predicted octanol–water partition coefficient (Wildman–Crippen LogP) is 3.34. The Balaban J connectivity index is 1.92. The number of aliphatic hydroxyl groups is 1. The highest BCUT2D eigenvalue weighted by molar-refractivity contribution is 5.34. The van der Waals surface area contributed by atoms with Crippen molar-refractivity contribution in [3.63, 3.8) is 0 Å². The first-order valence-corrected chi connectivity index (χ1v) is 7.92. The summed E-state index contributed by atoms with van der Waals surface area (Å²) < 4.78 is 5.74. The normalized spacial score (nSPS) is 11.9. The van der Waals surface area contributed by atoms with Gasteiger partial charge in [-0.2, -0.15) is 0 Å². The van der Waals surface area contributed by atoms with Crippen LogP contribution >= 0.6 is 0 Å². The molecule has 0 spiro atoms. The molecule has 6 heteroatoms. The number of ether oxygens (including phenoxy) is 1. The van der Waals surface area contributed by atoms with E-state index in [0.717, 1.165) is 30.4 Å².